The molecule has 27 heavy (non-hydrogen) atoms. The second kappa shape index (κ2) is 7.58. The van der Waals surface area contributed by atoms with E-state index in [2.05, 4.69) is 5.32 Å². The summed E-state index contributed by atoms with van der Waals surface area (Å²) in [4.78, 5) is 38.7. The molecule has 1 saturated carbocycles. The minimum absolute atomic E-state index is 0.182. The maximum atomic E-state index is 12.8. The summed E-state index contributed by atoms with van der Waals surface area (Å²) in [5.74, 6) is -0.578. The van der Waals surface area contributed by atoms with Gasteiger partial charge in [0.25, 0.3) is 11.8 Å². The largest absolute Gasteiger partial charge is 0.476 e. The zero-order chi connectivity index (χ0) is 19.6. The van der Waals surface area contributed by atoms with Crippen molar-refractivity contribution < 1.29 is 23.9 Å². The maximum absolute atomic E-state index is 12.8. The first-order valence-electron chi connectivity index (χ1n) is 9.43. The second-order valence-corrected chi connectivity index (χ2v) is 7.45. The fourth-order valence-electron chi connectivity index (χ4n) is 3.54. The Kier molecular flexibility index (Phi) is 5.39. The summed E-state index contributed by atoms with van der Waals surface area (Å²) >= 11 is 0. The first kappa shape index (κ1) is 19.2. The summed E-state index contributed by atoms with van der Waals surface area (Å²) in [5.41, 5.74) is -0.260. The second-order valence-electron chi connectivity index (χ2n) is 7.45. The van der Waals surface area contributed by atoms with E-state index in [-0.39, 0.29) is 31.0 Å². The van der Waals surface area contributed by atoms with Crippen LogP contribution in [0.15, 0.2) is 18.2 Å². The van der Waals surface area contributed by atoms with Crippen LogP contribution in [0.5, 0.6) is 5.75 Å². The van der Waals surface area contributed by atoms with E-state index in [0.29, 0.717) is 17.0 Å². The molecule has 0 aromatic heterocycles. The number of hydrogen-bond acceptors (Lipinski definition) is 5. The van der Waals surface area contributed by atoms with Crippen LogP contribution >= 0.6 is 0 Å². The van der Waals surface area contributed by atoms with Gasteiger partial charge in [-0.15, -0.1) is 0 Å². The Labute approximate surface area is 159 Å². The van der Waals surface area contributed by atoms with E-state index >= 15 is 0 Å². The minimum Gasteiger partial charge on any atom is -0.476 e. The molecular weight excluding hydrogens is 348 g/mol. The Hall–Kier alpha value is -2.57. The third-order valence-corrected chi connectivity index (χ3v) is 4.92. The summed E-state index contributed by atoms with van der Waals surface area (Å²) in [6.07, 6.45) is 4.22. The molecule has 0 saturated heterocycles. The summed E-state index contributed by atoms with van der Waals surface area (Å²) in [7, 11) is 0. The molecular formula is C20H26N2O5. The van der Waals surface area contributed by atoms with Gasteiger partial charge in [0.1, 0.15) is 12.3 Å². The number of nitrogens with one attached hydrogen (secondary N) is 1. The lowest BCUT2D eigenvalue weighted by atomic mass is 10.0. The fourth-order valence-corrected chi connectivity index (χ4v) is 3.54. The number of rotatable bonds is 5. The average Bonchev–Trinajstić information content (AvgIpc) is 3.11. The lowest BCUT2D eigenvalue weighted by molar-refractivity contribution is -0.144. The zero-order valence-electron chi connectivity index (χ0n) is 16.0. The van der Waals surface area contributed by atoms with E-state index < -0.39 is 11.6 Å². The normalized spacial score (nSPS) is 18.6. The van der Waals surface area contributed by atoms with Crippen LogP contribution in [0.4, 0.5) is 5.69 Å². The predicted molar refractivity (Wildman–Crippen MR) is 99.9 cm³/mol. The molecule has 0 radical (unpaired) electrons. The molecule has 1 aliphatic carbocycles. The smallest absolute Gasteiger partial charge is 0.326 e. The molecule has 7 heteroatoms. The van der Waals surface area contributed by atoms with Gasteiger partial charge >= 0.3 is 5.97 Å². The van der Waals surface area contributed by atoms with Gasteiger partial charge in [0, 0.05) is 11.6 Å². The van der Waals surface area contributed by atoms with Crippen molar-refractivity contribution >= 4 is 23.5 Å². The van der Waals surface area contributed by atoms with Crippen molar-refractivity contribution in [2.24, 2.45) is 0 Å². The molecule has 7 nitrogen and oxygen atoms in total. The van der Waals surface area contributed by atoms with Gasteiger partial charge in [-0.1, -0.05) is 12.8 Å². The molecule has 0 spiro atoms. The van der Waals surface area contributed by atoms with Gasteiger partial charge in [-0.05, 0) is 51.8 Å². The lowest BCUT2D eigenvalue weighted by Gasteiger charge is -2.38. The Morgan fingerprint density at radius 2 is 2.00 bits per heavy atom. The molecule has 1 aromatic rings. The number of hydrogen-bond donors (Lipinski definition) is 1. The van der Waals surface area contributed by atoms with Crippen LogP contribution in [-0.4, -0.2) is 42.6 Å². The molecule has 3 rings (SSSR count). The van der Waals surface area contributed by atoms with Crippen LogP contribution in [0.3, 0.4) is 0 Å². The molecule has 0 unspecified atom stereocenters. The molecule has 1 aromatic carbocycles. The van der Waals surface area contributed by atoms with Crippen LogP contribution < -0.4 is 15.0 Å². The third-order valence-electron chi connectivity index (χ3n) is 4.92. The number of anilines is 1. The van der Waals surface area contributed by atoms with Crippen LogP contribution in [0.2, 0.25) is 0 Å². The first-order valence-corrected chi connectivity index (χ1v) is 9.43. The van der Waals surface area contributed by atoms with E-state index in [1.807, 2.05) is 0 Å². The summed E-state index contributed by atoms with van der Waals surface area (Å²) in [6.45, 7) is 5.02. The van der Waals surface area contributed by atoms with Gasteiger partial charge in [-0.25, -0.2) is 0 Å². The minimum atomic E-state index is -1.10. The number of fused-ring (bicyclic) bond motifs is 1. The molecule has 1 aliphatic heterocycles. The summed E-state index contributed by atoms with van der Waals surface area (Å²) in [5, 5.41) is 3.03. The predicted octanol–water partition coefficient (Wildman–Crippen LogP) is 2.43. The number of nitrogens with zero attached hydrogens (tertiary/aromatic N) is 1. The van der Waals surface area contributed by atoms with E-state index in [9.17, 15) is 14.4 Å². The van der Waals surface area contributed by atoms with Crippen molar-refractivity contribution in [3.8, 4) is 5.75 Å². The van der Waals surface area contributed by atoms with Gasteiger partial charge in [0.2, 0.25) is 0 Å². The van der Waals surface area contributed by atoms with Gasteiger partial charge in [0.05, 0.1) is 12.3 Å². The lowest BCUT2D eigenvalue weighted by Crippen LogP contribution is -2.54. The van der Waals surface area contributed by atoms with Crippen LogP contribution in [0.1, 0.15) is 56.8 Å². The zero-order valence-corrected chi connectivity index (χ0v) is 16.0. The molecule has 2 amide bonds. The molecule has 1 N–H and O–H groups in total. The molecule has 146 valence electrons. The summed E-state index contributed by atoms with van der Waals surface area (Å²) in [6, 6.07) is 5.15. The van der Waals surface area contributed by atoms with E-state index in [4.69, 9.17) is 9.47 Å². The summed E-state index contributed by atoms with van der Waals surface area (Å²) < 4.78 is 10.8. The fraction of sp³-hybridized carbons (Fsp3) is 0.550. The SMILES string of the molecule is CCOC(=O)CN1C(=O)C(C)(C)Oc2ccc(C(=O)NC3CCCC3)cc21. The van der Waals surface area contributed by atoms with Gasteiger partial charge in [-0.3, -0.25) is 19.3 Å². The van der Waals surface area contributed by atoms with E-state index in [1.54, 1.807) is 39.0 Å². The molecule has 1 fully saturated rings. The number of carbonyl (C=O) groups excluding carboxylic acids is 3. The quantitative estimate of drug-likeness (QED) is 0.800. The number of esters is 1. The molecule has 0 bridgehead atoms. The van der Waals surface area contributed by atoms with Crippen molar-refractivity contribution in [3.63, 3.8) is 0 Å². The first-order chi connectivity index (χ1) is 12.8. The highest BCUT2D eigenvalue weighted by atomic mass is 16.5. The molecule has 0 atom stereocenters. The van der Waals surface area contributed by atoms with Crippen molar-refractivity contribution in [3.05, 3.63) is 23.8 Å². The van der Waals surface area contributed by atoms with Crippen molar-refractivity contribution in [1.29, 1.82) is 0 Å². The van der Waals surface area contributed by atoms with Crippen molar-refractivity contribution in [2.45, 2.75) is 58.1 Å². The van der Waals surface area contributed by atoms with Crippen molar-refractivity contribution in [2.75, 3.05) is 18.1 Å². The van der Waals surface area contributed by atoms with Crippen LogP contribution in [0, 0.1) is 0 Å². The average molecular weight is 374 g/mol. The Bertz CT molecular complexity index is 753. The van der Waals surface area contributed by atoms with Gasteiger partial charge < -0.3 is 14.8 Å². The molecule has 2 aliphatic rings. The van der Waals surface area contributed by atoms with Gasteiger partial charge in [0.15, 0.2) is 5.60 Å². The Morgan fingerprint density at radius 3 is 2.67 bits per heavy atom. The van der Waals surface area contributed by atoms with E-state index in [0.717, 1.165) is 25.7 Å². The highest BCUT2D eigenvalue weighted by molar-refractivity contribution is 6.06. The molecule has 1 heterocycles. The Balaban J connectivity index is 1.88. The number of amides is 2. The monoisotopic (exact) mass is 374 g/mol. The number of carbonyl (C=O) groups is 3. The van der Waals surface area contributed by atoms with Gasteiger partial charge in [-0.2, -0.15) is 0 Å². The highest BCUT2D eigenvalue weighted by Gasteiger charge is 2.42. The van der Waals surface area contributed by atoms with Crippen molar-refractivity contribution in [1.82, 2.24) is 5.32 Å². The van der Waals surface area contributed by atoms with Crippen LogP contribution in [-0.2, 0) is 14.3 Å². The highest BCUT2D eigenvalue weighted by Crippen LogP contribution is 2.38. The van der Waals surface area contributed by atoms with E-state index in [1.165, 1.54) is 4.90 Å². The third kappa shape index (κ3) is 4.07. The van der Waals surface area contributed by atoms with Crippen LogP contribution in [0.25, 0.3) is 0 Å². The number of ether oxygens (including phenoxy) is 2. The number of benzene rings is 1. The maximum Gasteiger partial charge on any atom is 0.326 e. The topological polar surface area (TPSA) is 84.9 Å². The standard InChI is InChI=1S/C20H26N2O5/c1-4-26-17(23)12-22-15-11-13(18(24)21-14-7-5-6-8-14)9-10-16(15)27-20(2,3)19(22)25/h9-11,14H,4-8,12H2,1-3H3,(H,21,24). The Morgan fingerprint density at radius 1 is 1.30 bits per heavy atom.